The van der Waals surface area contributed by atoms with Crippen LogP contribution in [0.4, 0.5) is 0 Å². The topological polar surface area (TPSA) is 141 Å². The Morgan fingerprint density at radius 3 is 2.59 bits per heavy atom. The molecule has 2 aromatic rings. The Balaban J connectivity index is 1.42. The number of aliphatic hydroxyl groups is 4. The normalized spacial score (nSPS) is 28.6. The van der Waals surface area contributed by atoms with E-state index in [0.717, 1.165) is 49.5 Å². The van der Waals surface area contributed by atoms with E-state index < -0.39 is 36.8 Å². The van der Waals surface area contributed by atoms with Crippen LogP contribution in [0.5, 0.6) is 5.75 Å². The highest BCUT2D eigenvalue weighted by molar-refractivity contribution is 5.95. The van der Waals surface area contributed by atoms with Gasteiger partial charge in [-0.1, -0.05) is 18.2 Å². The molecule has 0 bridgehead atoms. The van der Waals surface area contributed by atoms with E-state index in [0.29, 0.717) is 17.9 Å². The first-order valence-corrected chi connectivity index (χ1v) is 12.5. The number of amides is 1. The molecule has 202 valence electrons. The third-order valence-electron chi connectivity index (χ3n) is 6.94. The predicted octanol–water partition coefficient (Wildman–Crippen LogP) is 0.293. The average Bonchev–Trinajstić information content (AvgIpc) is 2.90. The number of hydrogen-bond acceptors (Lipinski definition) is 9. The van der Waals surface area contributed by atoms with Gasteiger partial charge in [0.2, 0.25) is 6.29 Å². The molecule has 0 aliphatic carbocycles. The molecular formula is C27H36N2O8. The van der Waals surface area contributed by atoms with Gasteiger partial charge in [-0.3, -0.25) is 9.69 Å². The van der Waals surface area contributed by atoms with Crippen molar-refractivity contribution in [1.29, 1.82) is 0 Å². The van der Waals surface area contributed by atoms with Crippen molar-refractivity contribution in [2.75, 3.05) is 46.0 Å². The Kier molecular flexibility index (Phi) is 8.81. The first kappa shape index (κ1) is 27.5. The van der Waals surface area contributed by atoms with Crippen LogP contribution in [0.25, 0.3) is 11.1 Å². The summed E-state index contributed by atoms with van der Waals surface area (Å²) in [5, 5.41) is 43.5. The standard InChI is InChI=1S/C27H36N2O8/c1-17-14-19(6-7-21(17)36-26-27(2,34)24(32)23(31)22(16-30)37-26)18-4-3-5-20(15-18)25(33)28-8-9-29-10-12-35-13-11-29/h3-7,14-15,22-24,26,30-32,34H,8-13,16H2,1-2H3,(H,28,33). The smallest absolute Gasteiger partial charge is 0.251 e. The summed E-state index contributed by atoms with van der Waals surface area (Å²) in [7, 11) is 0. The SMILES string of the molecule is Cc1cc(-c2cccc(C(=O)NCCN3CCOCC3)c2)ccc1OC1OC(CO)C(O)C(O)C1(C)O. The Labute approximate surface area is 216 Å². The van der Waals surface area contributed by atoms with E-state index in [9.17, 15) is 25.2 Å². The third-order valence-corrected chi connectivity index (χ3v) is 6.94. The number of benzene rings is 2. The summed E-state index contributed by atoms with van der Waals surface area (Å²) in [6.45, 7) is 7.13. The first-order chi connectivity index (χ1) is 17.7. The molecule has 2 saturated heterocycles. The summed E-state index contributed by atoms with van der Waals surface area (Å²) in [6, 6.07) is 12.8. The third kappa shape index (κ3) is 6.29. The van der Waals surface area contributed by atoms with E-state index in [1.165, 1.54) is 6.92 Å². The van der Waals surface area contributed by atoms with Crippen LogP contribution in [0.2, 0.25) is 0 Å². The molecule has 0 radical (unpaired) electrons. The maximum atomic E-state index is 12.7. The van der Waals surface area contributed by atoms with Crippen molar-refractivity contribution in [1.82, 2.24) is 10.2 Å². The number of carbonyl (C=O) groups is 1. The number of morpholine rings is 1. The molecule has 0 aromatic heterocycles. The van der Waals surface area contributed by atoms with Crippen molar-refractivity contribution in [3.8, 4) is 16.9 Å². The lowest BCUT2D eigenvalue weighted by atomic mass is 9.88. The van der Waals surface area contributed by atoms with Crippen LogP contribution in [0, 0.1) is 6.92 Å². The van der Waals surface area contributed by atoms with Crippen molar-refractivity contribution >= 4 is 5.91 Å². The second-order valence-electron chi connectivity index (χ2n) is 9.74. The van der Waals surface area contributed by atoms with Gasteiger partial charge in [-0.25, -0.2) is 0 Å². The van der Waals surface area contributed by atoms with Crippen LogP contribution in [0.3, 0.4) is 0 Å². The van der Waals surface area contributed by atoms with Gasteiger partial charge in [0.25, 0.3) is 5.91 Å². The molecule has 2 fully saturated rings. The number of rotatable bonds is 8. The second-order valence-corrected chi connectivity index (χ2v) is 9.74. The lowest BCUT2D eigenvalue weighted by molar-refractivity contribution is -0.314. The molecule has 10 nitrogen and oxygen atoms in total. The van der Waals surface area contributed by atoms with Crippen molar-refractivity contribution in [3.63, 3.8) is 0 Å². The summed E-state index contributed by atoms with van der Waals surface area (Å²) in [5.41, 5.74) is 1.12. The molecule has 2 heterocycles. The van der Waals surface area contributed by atoms with Gasteiger partial charge >= 0.3 is 0 Å². The Bertz CT molecular complexity index is 1070. The van der Waals surface area contributed by atoms with E-state index in [1.807, 2.05) is 37.3 Å². The van der Waals surface area contributed by atoms with Gasteiger partial charge in [0.05, 0.1) is 19.8 Å². The highest BCUT2D eigenvalue weighted by Crippen LogP contribution is 2.34. The number of carbonyl (C=O) groups excluding carboxylic acids is 1. The first-order valence-electron chi connectivity index (χ1n) is 12.5. The van der Waals surface area contributed by atoms with Gasteiger partial charge in [-0.15, -0.1) is 0 Å². The van der Waals surface area contributed by atoms with Crippen molar-refractivity contribution < 1.29 is 39.4 Å². The number of nitrogens with one attached hydrogen (secondary N) is 1. The highest BCUT2D eigenvalue weighted by atomic mass is 16.7. The fourth-order valence-electron chi connectivity index (χ4n) is 4.53. The Morgan fingerprint density at radius 1 is 1.16 bits per heavy atom. The molecule has 0 saturated carbocycles. The van der Waals surface area contributed by atoms with Gasteiger partial charge < -0.3 is 40.0 Å². The molecule has 5 N–H and O–H groups in total. The molecule has 4 rings (SSSR count). The number of hydrogen-bond donors (Lipinski definition) is 5. The zero-order valence-corrected chi connectivity index (χ0v) is 21.2. The van der Waals surface area contributed by atoms with Crippen molar-refractivity contribution in [3.05, 3.63) is 53.6 Å². The number of ether oxygens (including phenoxy) is 3. The maximum Gasteiger partial charge on any atom is 0.251 e. The minimum atomic E-state index is -1.90. The van der Waals surface area contributed by atoms with Gasteiger partial charge in [-0.05, 0) is 54.8 Å². The maximum absolute atomic E-state index is 12.7. The largest absolute Gasteiger partial charge is 0.461 e. The Hall–Kier alpha value is -2.57. The van der Waals surface area contributed by atoms with Gasteiger partial charge in [0, 0.05) is 31.7 Å². The molecule has 0 spiro atoms. The quantitative estimate of drug-likeness (QED) is 0.335. The van der Waals surface area contributed by atoms with Gasteiger partial charge in [0.15, 0.2) is 5.60 Å². The molecule has 2 aromatic carbocycles. The molecule has 37 heavy (non-hydrogen) atoms. The fraction of sp³-hybridized carbons (Fsp3) is 0.519. The molecule has 2 aliphatic rings. The van der Waals surface area contributed by atoms with E-state index in [1.54, 1.807) is 12.1 Å². The van der Waals surface area contributed by atoms with Crippen molar-refractivity contribution in [2.45, 2.75) is 44.1 Å². The van der Waals surface area contributed by atoms with Crippen LogP contribution in [-0.4, -0.2) is 107 Å². The van der Waals surface area contributed by atoms with E-state index in [-0.39, 0.29) is 5.91 Å². The molecule has 1 amide bonds. The summed E-state index contributed by atoms with van der Waals surface area (Å²) in [4.78, 5) is 15.0. The monoisotopic (exact) mass is 516 g/mol. The number of nitrogens with zero attached hydrogens (tertiary/aromatic N) is 1. The van der Waals surface area contributed by atoms with Gasteiger partial charge in [0.1, 0.15) is 24.1 Å². The van der Waals surface area contributed by atoms with Crippen LogP contribution in [0.1, 0.15) is 22.8 Å². The van der Waals surface area contributed by atoms with Crippen LogP contribution in [0.15, 0.2) is 42.5 Å². The highest BCUT2D eigenvalue weighted by Gasteiger charge is 2.53. The fourth-order valence-corrected chi connectivity index (χ4v) is 4.53. The lowest BCUT2D eigenvalue weighted by Crippen LogP contribution is -2.66. The molecule has 5 unspecified atom stereocenters. The summed E-state index contributed by atoms with van der Waals surface area (Å²) >= 11 is 0. The summed E-state index contributed by atoms with van der Waals surface area (Å²) in [6.07, 6.45) is -5.42. The number of aryl methyl sites for hydroxylation is 1. The van der Waals surface area contributed by atoms with Gasteiger partial charge in [-0.2, -0.15) is 0 Å². The summed E-state index contributed by atoms with van der Waals surface area (Å²) < 4.78 is 16.8. The van der Waals surface area contributed by atoms with Crippen LogP contribution >= 0.6 is 0 Å². The lowest BCUT2D eigenvalue weighted by Gasteiger charge is -2.45. The Morgan fingerprint density at radius 2 is 1.89 bits per heavy atom. The van der Waals surface area contributed by atoms with E-state index in [4.69, 9.17) is 14.2 Å². The number of aliphatic hydroxyl groups excluding tert-OH is 3. The van der Waals surface area contributed by atoms with Crippen LogP contribution in [-0.2, 0) is 9.47 Å². The second kappa shape index (κ2) is 11.9. The average molecular weight is 517 g/mol. The molecule has 10 heteroatoms. The van der Waals surface area contributed by atoms with Crippen LogP contribution < -0.4 is 10.1 Å². The van der Waals surface area contributed by atoms with Crippen molar-refractivity contribution in [2.24, 2.45) is 0 Å². The zero-order chi connectivity index (χ0) is 26.6. The molecule has 2 aliphatic heterocycles. The minimum Gasteiger partial charge on any atom is -0.461 e. The predicted molar refractivity (Wildman–Crippen MR) is 135 cm³/mol. The molecule has 5 atom stereocenters. The summed E-state index contributed by atoms with van der Waals surface area (Å²) in [5.74, 6) is 0.272. The zero-order valence-electron chi connectivity index (χ0n) is 21.2. The minimum absolute atomic E-state index is 0.136. The molecular weight excluding hydrogens is 480 g/mol. The van der Waals surface area contributed by atoms with E-state index in [2.05, 4.69) is 10.2 Å². The van der Waals surface area contributed by atoms with E-state index >= 15 is 0 Å².